The molecular weight excluding hydrogens is 268 g/mol. The number of para-hydroxylation sites is 2. The molecule has 106 valence electrons. The lowest BCUT2D eigenvalue weighted by molar-refractivity contribution is -0.118. The highest BCUT2D eigenvalue weighted by Gasteiger charge is 2.20. The Labute approximate surface area is 113 Å². The van der Waals surface area contributed by atoms with Gasteiger partial charge < -0.3 is 10.1 Å². The fraction of sp³-hybridized carbons (Fsp3) is 0.417. The van der Waals surface area contributed by atoms with Gasteiger partial charge in [-0.25, -0.2) is 8.42 Å². The van der Waals surface area contributed by atoms with Crippen LogP contribution >= 0.6 is 0 Å². The van der Waals surface area contributed by atoms with Gasteiger partial charge in [0.2, 0.25) is 15.9 Å². The van der Waals surface area contributed by atoms with E-state index in [0.717, 1.165) is 6.26 Å². The smallest absolute Gasteiger partial charge is 0.232 e. The molecule has 0 saturated heterocycles. The molecule has 0 saturated carbocycles. The molecule has 0 aliphatic carbocycles. The second-order valence-corrected chi connectivity index (χ2v) is 5.90. The van der Waals surface area contributed by atoms with E-state index in [1.54, 1.807) is 24.3 Å². The molecule has 0 aliphatic heterocycles. The number of rotatable bonds is 6. The predicted molar refractivity (Wildman–Crippen MR) is 73.9 cm³/mol. The van der Waals surface area contributed by atoms with E-state index in [4.69, 9.17) is 4.74 Å². The van der Waals surface area contributed by atoms with Gasteiger partial charge in [-0.05, 0) is 12.1 Å². The summed E-state index contributed by atoms with van der Waals surface area (Å²) in [5.74, 6) is 0.268. The largest absolute Gasteiger partial charge is 0.495 e. The third kappa shape index (κ3) is 4.44. The quantitative estimate of drug-likeness (QED) is 0.831. The number of hydrogen-bond donors (Lipinski definition) is 1. The molecule has 0 unspecified atom stereocenters. The number of anilines is 1. The summed E-state index contributed by atoms with van der Waals surface area (Å²) in [6.45, 7) is 1.77. The molecule has 1 rings (SSSR count). The second-order valence-electron chi connectivity index (χ2n) is 3.99. The number of carbonyl (C=O) groups is 1. The van der Waals surface area contributed by atoms with Crippen LogP contribution in [0.2, 0.25) is 0 Å². The summed E-state index contributed by atoms with van der Waals surface area (Å²) in [4.78, 5) is 10.8. The molecule has 1 aromatic rings. The number of methoxy groups -OCH3 is 1. The van der Waals surface area contributed by atoms with Gasteiger partial charge in [0.05, 0.1) is 25.6 Å². The first-order valence-electron chi connectivity index (χ1n) is 5.71. The zero-order valence-corrected chi connectivity index (χ0v) is 12.0. The van der Waals surface area contributed by atoms with Crippen LogP contribution in [0.25, 0.3) is 0 Å². The molecule has 0 aromatic heterocycles. The van der Waals surface area contributed by atoms with Crippen LogP contribution < -0.4 is 14.4 Å². The first kappa shape index (κ1) is 15.3. The molecule has 0 radical (unpaired) electrons. The van der Waals surface area contributed by atoms with Gasteiger partial charge in [0.1, 0.15) is 5.75 Å². The molecule has 0 spiro atoms. The normalized spacial score (nSPS) is 10.9. The van der Waals surface area contributed by atoms with Crippen LogP contribution in [0.5, 0.6) is 5.75 Å². The lowest BCUT2D eigenvalue weighted by atomic mass is 10.3. The van der Waals surface area contributed by atoms with E-state index in [-0.39, 0.29) is 19.0 Å². The summed E-state index contributed by atoms with van der Waals surface area (Å²) < 4.78 is 30.0. The summed E-state index contributed by atoms with van der Waals surface area (Å²) in [5.41, 5.74) is 0.456. The Balaban J connectivity index is 3.00. The number of sulfonamides is 1. The standard InChI is InChI=1S/C12H18N2O4S/c1-10(15)13-8-9-14(19(3,16)17)11-6-4-5-7-12(11)18-2/h4-7H,8-9H2,1-3H3,(H,13,15). The molecule has 19 heavy (non-hydrogen) atoms. The van der Waals surface area contributed by atoms with Gasteiger partial charge in [0, 0.05) is 13.5 Å². The lowest BCUT2D eigenvalue weighted by Gasteiger charge is -2.24. The highest BCUT2D eigenvalue weighted by atomic mass is 32.2. The fourth-order valence-electron chi connectivity index (χ4n) is 1.63. The van der Waals surface area contributed by atoms with Crippen LogP contribution in [0.4, 0.5) is 5.69 Å². The third-order valence-electron chi connectivity index (χ3n) is 2.44. The van der Waals surface area contributed by atoms with Gasteiger partial charge in [-0.2, -0.15) is 0 Å². The Morgan fingerprint density at radius 3 is 2.53 bits per heavy atom. The maximum absolute atomic E-state index is 11.8. The van der Waals surface area contributed by atoms with Gasteiger partial charge in [-0.1, -0.05) is 12.1 Å². The molecule has 0 heterocycles. The zero-order chi connectivity index (χ0) is 14.5. The van der Waals surface area contributed by atoms with Crippen molar-refractivity contribution in [3.8, 4) is 5.75 Å². The van der Waals surface area contributed by atoms with E-state index in [9.17, 15) is 13.2 Å². The minimum absolute atomic E-state index is 0.152. The Bertz CT molecular complexity index is 542. The predicted octanol–water partition coefficient (Wildman–Crippen LogP) is 0.597. The van der Waals surface area contributed by atoms with Crippen molar-refractivity contribution in [3.63, 3.8) is 0 Å². The molecule has 1 amide bonds. The number of hydrogen-bond acceptors (Lipinski definition) is 4. The van der Waals surface area contributed by atoms with Crippen molar-refractivity contribution in [3.05, 3.63) is 24.3 Å². The number of nitrogens with one attached hydrogen (secondary N) is 1. The molecule has 1 aromatic carbocycles. The van der Waals surface area contributed by atoms with Crippen LogP contribution in [0.15, 0.2) is 24.3 Å². The van der Waals surface area contributed by atoms with Gasteiger partial charge in [0.25, 0.3) is 0 Å². The minimum Gasteiger partial charge on any atom is -0.495 e. The van der Waals surface area contributed by atoms with E-state index < -0.39 is 10.0 Å². The van der Waals surface area contributed by atoms with Crippen LogP contribution in [0, 0.1) is 0 Å². The number of ether oxygens (including phenoxy) is 1. The van der Waals surface area contributed by atoms with Crippen molar-refractivity contribution in [1.82, 2.24) is 5.32 Å². The average molecular weight is 286 g/mol. The topological polar surface area (TPSA) is 75.7 Å². The molecule has 0 atom stereocenters. The number of nitrogens with zero attached hydrogens (tertiary/aromatic N) is 1. The van der Waals surface area contributed by atoms with Gasteiger partial charge in [-0.15, -0.1) is 0 Å². The molecule has 1 N–H and O–H groups in total. The Morgan fingerprint density at radius 1 is 1.37 bits per heavy atom. The first-order valence-corrected chi connectivity index (χ1v) is 7.56. The van der Waals surface area contributed by atoms with E-state index in [2.05, 4.69) is 5.32 Å². The molecule has 0 fully saturated rings. The monoisotopic (exact) mass is 286 g/mol. The van der Waals surface area contributed by atoms with E-state index in [1.807, 2.05) is 0 Å². The van der Waals surface area contributed by atoms with Crippen LogP contribution in [0.1, 0.15) is 6.92 Å². The molecular formula is C12H18N2O4S. The van der Waals surface area contributed by atoms with Crippen molar-refractivity contribution in [2.24, 2.45) is 0 Å². The maximum Gasteiger partial charge on any atom is 0.232 e. The SMILES string of the molecule is COc1ccccc1N(CCNC(C)=O)S(C)(=O)=O. The second kappa shape index (κ2) is 6.42. The van der Waals surface area contributed by atoms with Crippen molar-refractivity contribution < 1.29 is 17.9 Å². The Hall–Kier alpha value is -1.76. The molecule has 0 aliphatic rings. The first-order chi connectivity index (χ1) is 8.86. The van der Waals surface area contributed by atoms with Gasteiger partial charge in [-0.3, -0.25) is 9.10 Å². The molecule has 0 bridgehead atoms. The van der Waals surface area contributed by atoms with Crippen molar-refractivity contribution in [2.75, 3.05) is 30.8 Å². The van der Waals surface area contributed by atoms with Crippen molar-refractivity contribution in [1.29, 1.82) is 0 Å². The fourth-order valence-corrected chi connectivity index (χ4v) is 2.57. The lowest BCUT2D eigenvalue weighted by Crippen LogP contribution is -2.37. The van der Waals surface area contributed by atoms with E-state index in [0.29, 0.717) is 11.4 Å². The summed E-state index contributed by atoms with van der Waals surface area (Å²) in [6, 6.07) is 6.84. The number of amides is 1. The Kier molecular flexibility index (Phi) is 5.17. The summed E-state index contributed by atoms with van der Waals surface area (Å²) in [5, 5.41) is 2.57. The molecule has 6 nitrogen and oxygen atoms in total. The van der Waals surface area contributed by atoms with Gasteiger partial charge >= 0.3 is 0 Å². The Morgan fingerprint density at radius 2 is 2.00 bits per heavy atom. The van der Waals surface area contributed by atoms with Gasteiger partial charge in [0.15, 0.2) is 0 Å². The summed E-state index contributed by atoms with van der Waals surface area (Å²) >= 11 is 0. The maximum atomic E-state index is 11.8. The number of benzene rings is 1. The highest BCUT2D eigenvalue weighted by molar-refractivity contribution is 7.92. The third-order valence-corrected chi connectivity index (χ3v) is 3.62. The molecule has 7 heteroatoms. The summed E-state index contributed by atoms with van der Waals surface area (Å²) in [6.07, 6.45) is 1.12. The van der Waals surface area contributed by atoms with E-state index in [1.165, 1.54) is 18.3 Å². The van der Waals surface area contributed by atoms with Crippen LogP contribution in [-0.4, -0.2) is 40.8 Å². The highest BCUT2D eigenvalue weighted by Crippen LogP contribution is 2.28. The van der Waals surface area contributed by atoms with Crippen LogP contribution in [0.3, 0.4) is 0 Å². The van der Waals surface area contributed by atoms with Crippen molar-refractivity contribution >= 4 is 21.6 Å². The van der Waals surface area contributed by atoms with Crippen LogP contribution in [-0.2, 0) is 14.8 Å². The van der Waals surface area contributed by atoms with Crippen molar-refractivity contribution in [2.45, 2.75) is 6.92 Å². The minimum atomic E-state index is -3.45. The summed E-state index contributed by atoms with van der Waals surface area (Å²) in [7, 11) is -1.97. The number of carbonyl (C=O) groups excluding carboxylic acids is 1. The van der Waals surface area contributed by atoms with E-state index >= 15 is 0 Å². The zero-order valence-electron chi connectivity index (χ0n) is 11.2. The average Bonchev–Trinajstić information content (AvgIpc) is 2.33.